The van der Waals surface area contributed by atoms with Gasteiger partial charge in [0.05, 0.1) is 18.9 Å². The highest BCUT2D eigenvalue weighted by molar-refractivity contribution is 5.75. The first kappa shape index (κ1) is 9.14. The van der Waals surface area contributed by atoms with E-state index in [4.69, 9.17) is 15.1 Å². The highest BCUT2D eigenvalue weighted by atomic mass is 16.5. The standard InChI is InChI=1S/C10H9NO2/c1-13-10-4-2-8(3-5-10)9(6-11)7-12/h2-5,7,12H,1H3/b9-7-. The number of aliphatic hydroxyl groups excluding tert-OH is 1. The van der Waals surface area contributed by atoms with Gasteiger partial charge in [-0.05, 0) is 29.8 Å². The average molecular weight is 175 g/mol. The number of benzene rings is 1. The van der Waals surface area contributed by atoms with Crippen molar-refractivity contribution in [2.75, 3.05) is 7.11 Å². The van der Waals surface area contributed by atoms with Crippen molar-refractivity contribution in [1.29, 1.82) is 5.26 Å². The minimum atomic E-state index is 0.239. The molecule has 0 heterocycles. The molecule has 0 saturated carbocycles. The minimum Gasteiger partial charge on any atom is -0.514 e. The van der Waals surface area contributed by atoms with Crippen molar-refractivity contribution in [3.05, 3.63) is 36.1 Å². The molecule has 0 aliphatic heterocycles. The van der Waals surface area contributed by atoms with Crippen molar-refractivity contribution in [1.82, 2.24) is 0 Å². The minimum absolute atomic E-state index is 0.239. The number of allylic oxidation sites excluding steroid dienone is 1. The Morgan fingerprint density at radius 2 is 2.08 bits per heavy atom. The largest absolute Gasteiger partial charge is 0.514 e. The van der Waals surface area contributed by atoms with Gasteiger partial charge in [-0.15, -0.1) is 0 Å². The smallest absolute Gasteiger partial charge is 0.118 e. The Hall–Kier alpha value is -1.95. The zero-order chi connectivity index (χ0) is 9.68. The first-order chi connectivity index (χ1) is 6.31. The van der Waals surface area contributed by atoms with Crippen molar-refractivity contribution in [2.24, 2.45) is 0 Å². The quantitative estimate of drug-likeness (QED) is 0.553. The number of nitrogens with zero attached hydrogens (tertiary/aromatic N) is 1. The lowest BCUT2D eigenvalue weighted by Crippen LogP contribution is -1.84. The van der Waals surface area contributed by atoms with Crippen LogP contribution in [0.3, 0.4) is 0 Å². The molecule has 0 unspecified atom stereocenters. The molecule has 0 bridgehead atoms. The zero-order valence-electron chi connectivity index (χ0n) is 7.19. The van der Waals surface area contributed by atoms with Crippen molar-refractivity contribution in [2.45, 2.75) is 0 Å². The van der Waals surface area contributed by atoms with Crippen LogP contribution in [0.1, 0.15) is 5.56 Å². The lowest BCUT2D eigenvalue weighted by molar-refractivity contribution is 0.415. The summed E-state index contributed by atoms with van der Waals surface area (Å²) in [5.74, 6) is 0.721. The van der Waals surface area contributed by atoms with E-state index in [1.807, 2.05) is 6.07 Å². The third-order valence-electron chi connectivity index (χ3n) is 1.65. The molecule has 1 aromatic carbocycles. The third kappa shape index (κ3) is 2.00. The van der Waals surface area contributed by atoms with Crippen LogP contribution in [-0.2, 0) is 0 Å². The molecule has 0 aliphatic rings. The SMILES string of the molecule is COc1ccc(/C(C#N)=C\O)cc1. The van der Waals surface area contributed by atoms with Crippen LogP contribution in [-0.4, -0.2) is 12.2 Å². The fraction of sp³-hybridized carbons (Fsp3) is 0.100. The zero-order valence-corrected chi connectivity index (χ0v) is 7.19. The van der Waals surface area contributed by atoms with Gasteiger partial charge < -0.3 is 9.84 Å². The summed E-state index contributed by atoms with van der Waals surface area (Å²) in [7, 11) is 1.57. The molecule has 66 valence electrons. The van der Waals surface area contributed by atoms with E-state index < -0.39 is 0 Å². The van der Waals surface area contributed by atoms with E-state index in [1.165, 1.54) is 0 Å². The summed E-state index contributed by atoms with van der Waals surface area (Å²) in [5, 5.41) is 17.3. The first-order valence-electron chi connectivity index (χ1n) is 3.70. The molecule has 3 heteroatoms. The van der Waals surface area contributed by atoms with Crippen LogP contribution in [0.15, 0.2) is 30.5 Å². The van der Waals surface area contributed by atoms with Crippen LogP contribution in [0.25, 0.3) is 5.57 Å². The van der Waals surface area contributed by atoms with Gasteiger partial charge in [-0.1, -0.05) is 0 Å². The monoisotopic (exact) mass is 175 g/mol. The summed E-state index contributed by atoms with van der Waals surface area (Å²) in [5.41, 5.74) is 0.911. The number of hydrogen-bond acceptors (Lipinski definition) is 3. The lowest BCUT2D eigenvalue weighted by Gasteiger charge is -2.00. The molecule has 1 rings (SSSR count). The maximum atomic E-state index is 8.69. The fourth-order valence-corrected chi connectivity index (χ4v) is 0.939. The highest BCUT2D eigenvalue weighted by Gasteiger charge is 1.99. The Labute approximate surface area is 76.5 Å². The molecule has 13 heavy (non-hydrogen) atoms. The molecule has 0 spiro atoms. The van der Waals surface area contributed by atoms with Crippen molar-refractivity contribution >= 4 is 5.57 Å². The second kappa shape index (κ2) is 4.17. The van der Waals surface area contributed by atoms with Gasteiger partial charge in [0, 0.05) is 0 Å². The predicted molar refractivity (Wildman–Crippen MR) is 49.2 cm³/mol. The van der Waals surface area contributed by atoms with Crippen LogP contribution < -0.4 is 4.74 Å². The summed E-state index contributed by atoms with van der Waals surface area (Å²) >= 11 is 0. The molecule has 0 radical (unpaired) electrons. The Morgan fingerprint density at radius 1 is 1.46 bits per heavy atom. The average Bonchev–Trinajstić information content (AvgIpc) is 2.21. The van der Waals surface area contributed by atoms with Gasteiger partial charge in [-0.2, -0.15) is 5.26 Å². The van der Waals surface area contributed by atoms with E-state index in [9.17, 15) is 0 Å². The summed E-state index contributed by atoms with van der Waals surface area (Å²) < 4.78 is 4.95. The summed E-state index contributed by atoms with van der Waals surface area (Å²) in [4.78, 5) is 0. The topological polar surface area (TPSA) is 53.2 Å². The number of aliphatic hydroxyl groups is 1. The molecule has 0 fully saturated rings. The molecular weight excluding hydrogens is 166 g/mol. The highest BCUT2D eigenvalue weighted by Crippen LogP contribution is 2.17. The van der Waals surface area contributed by atoms with Crippen LogP contribution in [0.2, 0.25) is 0 Å². The Balaban J connectivity index is 3.00. The third-order valence-corrected chi connectivity index (χ3v) is 1.65. The van der Waals surface area contributed by atoms with E-state index in [2.05, 4.69) is 0 Å². The summed E-state index contributed by atoms with van der Waals surface area (Å²) in [6.45, 7) is 0. The Kier molecular flexibility index (Phi) is 2.93. The Bertz CT molecular complexity index is 346. The van der Waals surface area contributed by atoms with E-state index >= 15 is 0 Å². The molecule has 0 aliphatic carbocycles. The second-order valence-electron chi connectivity index (χ2n) is 2.38. The molecular formula is C10H9NO2. The first-order valence-corrected chi connectivity index (χ1v) is 3.70. The Morgan fingerprint density at radius 3 is 2.46 bits per heavy atom. The van der Waals surface area contributed by atoms with E-state index in [0.29, 0.717) is 5.56 Å². The maximum Gasteiger partial charge on any atom is 0.118 e. The van der Waals surface area contributed by atoms with Crippen molar-refractivity contribution in [3.8, 4) is 11.8 Å². The van der Waals surface area contributed by atoms with Crippen LogP contribution in [0, 0.1) is 11.3 Å². The molecule has 0 amide bonds. The normalized spacial score (nSPS) is 10.6. The van der Waals surface area contributed by atoms with Gasteiger partial charge in [0.1, 0.15) is 11.8 Å². The van der Waals surface area contributed by atoms with Crippen molar-refractivity contribution in [3.63, 3.8) is 0 Å². The van der Waals surface area contributed by atoms with E-state index in [0.717, 1.165) is 12.0 Å². The molecule has 0 saturated heterocycles. The maximum absolute atomic E-state index is 8.69. The number of hydrogen-bond donors (Lipinski definition) is 1. The van der Waals surface area contributed by atoms with Gasteiger partial charge in [0.15, 0.2) is 0 Å². The van der Waals surface area contributed by atoms with Crippen molar-refractivity contribution < 1.29 is 9.84 Å². The van der Waals surface area contributed by atoms with E-state index in [-0.39, 0.29) is 5.57 Å². The van der Waals surface area contributed by atoms with Gasteiger partial charge in [-0.25, -0.2) is 0 Å². The summed E-state index contributed by atoms with van der Waals surface area (Å²) in [6.07, 6.45) is 0.793. The number of ether oxygens (including phenoxy) is 1. The van der Waals surface area contributed by atoms with E-state index in [1.54, 1.807) is 31.4 Å². The number of methoxy groups -OCH3 is 1. The second-order valence-corrected chi connectivity index (χ2v) is 2.38. The van der Waals surface area contributed by atoms with Gasteiger partial charge in [0.2, 0.25) is 0 Å². The molecule has 1 N–H and O–H groups in total. The number of rotatable bonds is 2. The predicted octanol–water partition coefficient (Wildman–Crippen LogP) is 2.12. The van der Waals surface area contributed by atoms with Crippen LogP contribution in [0.4, 0.5) is 0 Å². The van der Waals surface area contributed by atoms with Gasteiger partial charge in [-0.3, -0.25) is 0 Å². The summed E-state index contributed by atoms with van der Waals surface area (Å²) in [6, 6.07) is 8.77. The fourth-order valence-electron chi connectivity index (χ4n) is 0.939. The van der Waals surface area contributed by atoms with Crippen LogP contribution in [0.5, 0.6) is 5.75 Å². The molecule has 3 nitrogen and oxygen atoms in total. The number of nitriles is 1. The van der Waals surface area contributed by atoms with Gasteiger partial charge in [0.25, 0.3) is 0 Å². The molecule has 0 atom stereocenters. The lowest BCUT2D eigenvalue weighted by atomic mass is 10.1. The van der Waals surface area contributed by atoms with Crippen LogP contribution >= 0.6 is 0 Å². The molecule has 1 aromatic rings. The van der Waals surface area contributed by atoms with Gasteiger partial charge >= 0.3 is 0 Å². The molecule has 0 aromatic heterocycles.